The summed E-state index contributed by atoms with van der Waals surface area (Å²) in [5.41, 5.74) is 0.196. The molecule has 1 aliphatic rings. The Morgan fingerprint density at radius 3 is 2.71 bits per heavy atom. The van der Waals surface area contributed by atoms with Crippen molar-refractivity contribution in [2.75, 3.05) is 38.8 Å². The Labute approximate surface area is 134 Å². The fourth-order valence-corrected chi connectivity index (χ4v) is 3.31. The van der Waals surface area contributed by atoms with E-state index in [0.717, 1.165) is 25.7 Å². The first-order valence-electron chi connectivity index (χ1n) is 8.04. The second kappa shape index (κ2) is 9.57. The van der Waals surface area contributed by atoms with Gasteiger partial charge >= 0.3 is 0 Å². The number of thioether (sulfide) groups is 1. The van der Waals surface area contributed by atoms with Crippen molar-refractivity contribution in [2.24, 2.45) is 16.3 Å². The van der Waals surface area contributed by atoms with Crippen LogP contribution in [0.1, 0.15) is 40.0 Å². The fraction of sp³-hybridized carbons (Fsp3) is 0.938. The molecule has 1 fully saturated rings. The first-order chi connectivity index (χ1) is 9.99. The van der Waals surface area contributed by atoms with Crippen LogP contribution in [0.15, 0.2) is 4.99 Å². The van der Waals surface area contributed by atoms with E-state index in [1.54, 1.807) is 0 Å². The number of guanidine groups is 1. The molecule has 2 unspecified atom stereocenters. The highest BCUT2D eigenvalue weighted by Gasteiger charge is 2.35. The first kappa shape index (κ1) is 18.6. The molecule has 1 saturated heterocycles. The van der Waals surface area contributed by atoms with Gasteiger partial charge in [-0.1, -0.05) is 20.8 Å². The first-order valence-corrected chi connectivity index (χ1v) is 9.43. The lowest BCUT2D eigenvalue weighted by Crippen LogP contribution is -2.47. The largest absolute Gasteiger partial charge is 0.377 e. The number of nitrogens with one attached hydrogen (secondary N) is 2. The Bertz CT molecular complexity index is 315. The van der Waals surface area contributed by atoms with E-state index in [1.165, 1.54) is 25.0 Å². The third kappa shape index (κ3) is 6.92. The topological polar surface area (TPSA) is 45.7 Å². The summed E-state index contributed by atoms with van der Waals surface area (Å²) in [4.78, 5) is 4.30. The maximum atomic E-state index is 6.03. The molecule has 0 aromatic heterocycles. The number of aliphatic imine (C=N–C) groups is 1. The molecule has 0 amide bonds. The minimum absolute atomic E-state index is 0.196. The summed E-state index contributed by atoms with van der Waals surface area (Å²) in [6, 6.07) is 0. The van der Waals surface area contributed by atoms with Crippen molar-refractivity contribution in [3.63, 3.8) is 0 Å². The van der Waals surface area contributed by atoms with Gasteiger partial charge in [-0.05, 0) is 36.7 Å². The third-order valence-electron chi connectivity index (χ3n) is 3.87. The smallest absolute Gasteiger partial charge is 0.190 e. The van der Waals surface area contributed by atoms with Crippen molar-refractivity contribution < 1.29 is 4.74 Å². The molecule has 0 aliphatic carbocycles. The summed E-state index contributed by atoms with van der Waals surface area (Å²) in [5, 5.41) is 6.85. The molecule has 0 radical (unpaired) electrons. The molecule has 0 saturated carbocycles. The normalized spacial score (nSPS) is 24.0. The van der Waals surface area contributed by atoms with Crippen molar-refractivity contribution in [3.8, 4) is 0 Å². The molecule has 124 valence electrons. The van der Waals surface area contributed by atoms with Gasteiger partial charge in [-0.25, -0.2) is 0 Å². The predicted molar refractivity (Wildman–Crippen MR) is 94.3 cm³/mol. The Morgan fingerprint density at radius 1 is 1.33 bits per heavy atom. The van der Waals surface area contributed by atoms with Gasteiger partial charge in [-0.15, -0.1) is 0 Å². The van der Waals surface area contributed by atoms with Crippen LogP contribution >= 0.6 is 11.8 Å². The van der Waals surface area contributed by atoms with Crippen LogP contribution < -0.4 is 10.6 Å². The summed E-state index contributed by atoms with van der Waals surface area (Å²) >= 11 is 1.88. The molecule has 1 rings (SSSR count). The second-order valence-corrected chi connectivity index (χ2v) is 7.77. The van der Waals surface area contributed by atoms with E-state index < -0.39 is 0 Å². The van der Waals surface area contributed by atoms with E-state index >= 15 is 0 Å². The van der Waals surface area contributed by atoms with Gasteiger partial charge in [-0.3, -0.25) is 4.99 Å². The van der Waals surface area contributed by atoms with E-state index in [0.29, 0.717) is 12.0 Å². The number of nitrogens with zero attached hydrogens (tertiary/aromatic N) is 1. The molecular weight excluding hydrogens is 282 g/mol. The molecule has 0 aromatic rings. The summed E-state index contributed by atoms with van der Waals surface area (Å²) in [6.45, 7) is 9.62. The SMILES string of the molecule is CN=C(NCCCSC)NCC1CCCOC1C(C)(C)C. The van der Waals surface area contributed by atoms with E-state index in [4.69, 9.17) is 4.74 Å². The minimum atomic E-state index is 0.196. The van der Waals surface area contributed by atoms with Crippen LogP contribution in [0.5, 0.6) is 0 Å². The van der Waals surface area contributed by atoms with Gasteiger partial charge in [0.25, 0.3) is 0 Å². The minimum Gasteiger partial charge on any atom is -0.377 e. The summed E-state index contributed by atoms with van der Waals surface area (Å²) in [5.74, 6) is 2.66. The molecule has 21 heavy (non-hydrogen) atoms. The molecule has 4 nitrogen and oxygen atoms in total. The van der Waals surface area contributed by atoms with Crippen LogP contribution in [0.25, 0.3) is 0 Å². The van der Waals surface area contributed by atoms with Crippen LogP contribution in [0.3, 0.4) is 0 Å². The zero-order chi connectivity index (χ0) is 15.7. The number of hydrogen-bond donors (Lipinski definition) is 2. The zero-order valence-corrected chi connectivity index (χ0v) is 15.2. The molecule has 5 heteroatoms. The second-order valence-electron chi connectivity index (χ2n) is 6.79. The van der Waals surface area contributed by atoms with E-state index in [9.17, 15) is 0 Å². The standard InChI is InChI=1S/C16H33N3OS/c1-16(2,3)14-13(8-6-10-20-14)12-19-15(17-4)18-9-7-11-21-5/h13-14H,6-12H2,1-5H3,(H2,17,18,19). The number of ether oxygens (including phenoxy) is 1. The lowest BCUT2D eigenvalue weighted by Gasteiger charge is -2.40. The van der Waals surface area contributed by atoms with E-state index in [1.807, 2.05) is 18.8 Å². The van der Waals surface area contributed by atoms with Crippen molar-refractivity contribution in [3.05, 3.63) is 0 Å². The van der Waals surface area contributed by atoms with Gasteiger partial charge in [0.15, 0.2) is 5.96 Å². The Hall–Kier alpha value is -0.420. The fourth-order valence-electron chi connectivity index (χ4n) is 2.88. The molecule has 0 bridgehead atoms. The van der Waals surface area contributed by atoms with Crippen molar-refractivity contribution in [1.29, 1.82) is 0 Å². The number of hydrogen-bond acceptors (Lipinski definition) is 3. The molecule has 1 heterocycles. The Morgan fingerprint density at radius 2 is 2.10 bits per heavy atom. The molecule has 0 aromatic carbocycles. The Kier molecular flexibility index (Phi) is 8.49. The summed E-state index contributed by atoms with van der Waals surface area (Å²) in [6.07, 6.45) is 6.03. The van der Waals surface area contributed by atoms with Crippen LogP contribution in [0.2, 0.25) is 0 Å². The average molecular weight is 316 g/mol. The third-order valence-corrected chi connectivity index (χ3v) is 4.57. The van der Waals surface area contributed by atoms with E-state index in [2.05, 4.69) is 42.7 Å². The lowest BCUT2D eigenvalue weighted by molar-refractivity contribution is -0.0835. The lowest BCUT2D eigenvalue weighted by atomic mass is 9.78. The van der Waals surface area contributed by atoms with Crippen molar-refractivity contribution in [1.82, 2.24) is 10.6 Å². The predicted octanol–water partition coefficient (Wildman–Crippen LogP) is 2.75. The van der Waals surface area contributed by atoms with Gasteiger partial charge in [0, 0.05) is 32.7 Å². The van der Waals surface area contributed by atoms with Crippen LogP contribution in [-0.4, -0.2) is 50.8 Å². The molecular formula is C16H33N3OS. The summed E-state index contributed by atoms with van der Waals surface area (Å²) in [7, 11) is 1.84. The monoisotopic (exact) mass is 315 g/mol. The summed E-state index contributed by atoms with van der Waals surface area (Å²) < 4.78 is 6.03. The van der Waals surface area contributed by atoms with Gasteiger partial charge in [0.05, 0.1) is 6.10 Å². The number of rotatable bonds is 6. The van der Waals surface area contributed by atoms with Gasteiger partial charge < -0.3 is 15.4 Å². The van der Waals surface area contributed by atoms with Crippen LogP contribution in [0.4, 0.5) is 0 Å². The van der Waals surface area contributed by atoms with Crippen molar-refractivity contribution >= 4 is 17.7 Å². The zero-order valence-electron chi connectivity index (χ0n) is 14.4. The van der Waals surface area contributed by atoms with Gasteiger partial charge in [0.2, 0.25) is 0 Å². The quantitative estimate of drug-likeness (QED) is 0.449. The molecule has 2 N–H and O–H groups in total. The molecule has 2 atom stereocenters. The Balaban J connectivity index is 2.39. The highest BCUT2D eigenvalue weighted by molar-refractivity contribution is 7.98. The maximum Gasteiger partial charge on any atom is 0.190 e. The highest BCUT2D eigenvalue weighted by atomic mass is 32.2. The maximum absolute atomic E-state index is 6.03. The average Bonchev–Trinajstić information content (AvgIpc) is 2.46. The molecule has 0 spiro atoms. The van der Waals surface area contributed by atoms with Crippen molar-refractivity contribution in [2.45, 2.75) is 46.1 Å². The van der Waals surface area contributed by atoms with Crippen LogP contribution in [0, 0.1) is 11.3 Å². The molecule has 1 aliphatic heterocycles. The van der Waals surface area contributed by atoms with Gasteiger partial charge in [0.1, 0.15) is 0 Å². The highest BCUT2D eigenvalue weighted by Crippen LogP contribution is 2.33. The van der Waals surface area contributed by atoms with Crippen LogP contribution in [-0.2, 0) is 4.74 Å². The van der Waals surface area contributed by atoms with Gasteiger partial charge in [-0.2, -0.15) is 11.8 Å². The van der Waals surface area contributed by atoms with E-state index in [-0.39, 0.29) is 5.41 Å².